The second kappa shape index (κ2) is 5.77. The van der Waals surface area contributed by atoms with Crippen LogP contribution in [0.4, 0.5) is 0 Å². The van der Waals surface area contributed by atoms with Gasteiger partial charge in [-0.1, -0.05) is 6.42 Å². The highest BCUT2D eigenvalue weighted by Gasteiger charge is 2.21. The van der Waals surface area contributed by atoms with E-state index in [1.54, 1.807) is 12.4 Å². The molecule has 0 saturated carbocycles. The summed E-state index contributed by atoms with van der Waals surface area (Å²) in [6.07, 6.45) is 6.74. The van der Waals surface area contributed by atoms with Crippen LogP contribution in [-0.2, 0) is 4.79 Å². The first-order valence-electron chi connectivity index (χ1n) is 6.21. The number of piperidine rings is 1. The van der Waals surface area contributed by atoms with Crippen molar-refractivity contribution in [2.45, 2.75) is 38.3 Å². The Balaban J connectivity index is 1.89. The minimum atomic E-state index is -0.0203. The Labute approximate surface area is 102 Å². The number of rotatable bonds is 3. The zero-order valence-electron chi connectivity index (χ0n) is 10.1. The van der Waals surface area contributed by atoms with Crippen LogP contribution in [0.5, 0.6) is 0 Å². The Kier molecular flexibility index (Phi) is 4.09. The van der Waals surface area contributed by atoms with Crippen molar-refractivity contribution >= 4 is 5.91 Å². The van der Waals surface area contributed by atoms with Crippen LogP contribution < -0.4 is 10.6 Å². The highest BCUT2D eigenvalue weighted by atomic mass is 16.2. The van der Waals surface area contributed by atoms with E-state index in [0.717, 1.165) is 24.9 Å². The van der Waals surface area contributed by atoms with Crippen molar-refractivity contribution in [2.75, 3.05) is 6.54 Å². The van der Waals surface area contributed by atoms with Crippen LogP contribution in [0.3, 0.4) is 0 Å². The molecular weight excluding hydrogens is 214 g/mol. The van der Waals surface area contributed by atoms with Crippen molar-refractivity contribution in [3.8, 4) is 0 Å². The van der Waals surface area contributed by atoms with Gasteiger partial charge < -0.3 is 10.6 Å². The minimum Gasteiger partial charge on any atom is -0.348 e. The third-order valence-corrected chi connectivity index (χ3v) is 3.19. The molecule has 4 nitrogen and oxygen atoms in total. The molecule has 92 valence electrons. The molecule has 0 spiro atoms. The maximum atomic E-state index is 12.0. The van der Waals surface area contributed by atoms with Crippen molar-refractivity contribution in [2.24, 2.45) is 0 Å². The molecule has 0 radical (unpaired) electrons. The molecule has 1 amide bonds. The van der Waals surface area contributed by atoms with E-state index in [0.29, 0.717) is 0 Å². The van der Waals surface area contributed by atoms with Gasteiger partial charge in [-0.2, -0.15) is 0 Å². The number of carbonyl (C=O) groups excluding carboxylic acids is 1. The largest absolute Gasteiger partial charge is 0.348 e. The van der Waals surface area contributed by atoms with E-state index in [9.17, 15) is 4.79 Å². The minimum absolute atomic E-state index is 0.0203. The van der Waals surface area contributed by atoms with Gasteiger partial charge in [0.2, 0.25) is 5.91 Å². The molecular formula is C13H19N3O. The van der Waals surface area contributed by atoms with Crippen LogP contribution in [0, 0.1) is 0 Å². The summed E-state index contributed by atoms with van der Waals surface area (Å²) < 4.78 is 0. The van der Waals surface area contributed by atoms with Crippen molar-refractivity contribution in [1.29, 1.82) is 0 Å². The number of hydrogen-bond acceptors (Lipinski definition) is 3. The zero-order chi connectivity index (χ0) is 12.1. The molecule has 1 fully saturated rings. The molecule has 1 aliphatic rings. The predicted molar refractivity (Wildman–Crippen MR) is 66.4 cm³/mol. The lowest BCUT2D eigenvalue weighted by molar-refractivity contribution is -0.124. The lowest BCUT2D eigenvalue weighted by Crippen LogP contribution is -2.47. The number of aromatic nitrogens is 1. The molecule has 0 unspecified atom stereocenters. The van der Waals surface area contributed by atoms with E-state index in [1.807, 2.05) is 19.1 Å². The molecule has 1 saturated heterocycles. The summed E-state index contributed by atoms with van der Waals surface area (Å²) in [6, 6.07) is 3.88. The monoisotopic (exact) mass is 233 g/mol. The lowest BCUT2D eigenvalue weighted by atomic mass is 10.0. The van der Waals surface area contributed by atoms with E-state index in [1.165, 1.54) is 6.42 Å². The Morgan fingerprint density at radius 2 is 2.24 bits per heavy atom. The quantitative estimate of drug-likeness (QED) is 0.829. The summed E-state index contributed by atoms with van der Waals surface area (Å²) in [5, 5.41) is 6.29. The zero-order valence-corrected chi connectivity index (χ0v) is 10.1. The number of nitrogens with zero attached hydrogens (tertiary/aromatic N) is 1. The fourth-order valence-corrected chi connectivity index (χ4v) is 2.13. The van der Waals surface area contributed by atoms with E-state index in [2.05, 4.69) is 15.6 Å². The van der Waals surface area contributed by atoms with Gasteiger partial charge in [-0.25, -0.2) is 0 Å². The van der Waals surface area contributed by atoms with Gasteiger partial charge in [0, 0.05) is 12.4 Å². The second-order valence-electron chi connectivity index (χ2n) is 4.51. The topological polar surface area (TPSA) is 54.0 Å². The Hall–Kier alpha value is -1.42. The van der Waals surface area contributed by atoms with Crippen LogP contribution in [0.1, 0.15) is 37.8 Å². The molecule has 1 aromatic rings. The van der Waals surface area contributed by atoms with E-state index < -0.39 is 0 Å². The number of hydrogen-bond donors (Lipinski definition) is 2. The van der Waals surface area contributed by atoms with E-state index in [-0.39, 0.29) is 18.0 Å². The van der Waals surface area contributed by atoms with Crippen molar-refractivity contribution in [3.05, 3.63) is 30.1 Å². The summed E-state index contributed by atoms with van der Waals surface area (Å²) in [5.74, 6) is 0.106. The van der Waals surface area contributed by atoms with Gasteiger partial charge in [-0.3, -0.25) is 9.78 Å². The van der Waals surface area contributed by atoms with Crippen molar-refractivity contribution in [1.82, 2.24) is 15.6 Å². The highest BCUT2D eigenvalue weighted by Crippen LogP contribution is 2.12. The molecule has 0 aromatic carbocycles. The van der Waals surface area contributed by atoms with Gasteiger partial charge in [0.1, 0.15) is 0 Å². The standard InChI is InChI=1S/C13H19N3O/c1-10(11-5-8-14-9-6-11)16-13(17)12-4-2-3-7-15-12/h5-6,8-10,12,15H,2-4,7H2,1H3,(H,16,17)/t10-,12+/m1/s1. The molecule has 2 heterocycles. The van der Waals surface area contributed by atoms with Crippen LogP contribution >= 0.6 is 0 Å². The number of pyridine rings is 1. The first-order chi connectivity index (χ1) is 8.27. The van der Waals surface area contributed by atoms with Gasteiger partial charge >= 0.3 is 0 Å². The maximum Gasteiger partial charge on any atom is 0.237 e. The van der Waals surface area contributed by atoms with Crippen LogP contribution in [-0.4, -0.2) is 23.5 Å². The van der Waals surface area contributed by atoms with Crippen LogP contribution in [0.2, 0.25) is 0 Å². The first kappa shape index (κ1) is 12.0. The first-order valence-corrected chi connectivity index (χ1v) is 6.21. The van der Waals surface area contributed by atoms with Gasteiger partial charge in [-0.05, 0) is 44.0 Å². The Bertz CT molecular complexity index is 360. The van der Waals surface area contributed by atoms with Gasteiger partial charge in [0.25, 0.3) is 0 Å². The van der Waals surface area contributed by atoms with Gasteiger partial charge in [-0.15, -0.1) is 0 Å². The summed E-state index contributed by atoms with van der Waals surface area (Å²) in [4.78, 5) is 16.0. The average molecular weight is 233 g/mol. The third kappa shape index (κ3) is 3.27. The lowest BCUT2D eigenvalue weighted by Gasteiger charge is -2.24. The number of nitrogens with one attached hydrogen (secondary N) is 2. The third-order valence-electron chi connectivity index (χ3n) is 3.19. The highest BCUT2D eigenvalue weighted by molar-refractivity contribution is 5.82. The molecule has 2 atom stereocenters. The number of carbonyl (C=O) groups is 1. The maximum absolute atomic E-state index is 12.0. The Morgan fingerprint density at radius 1 is 1.47 bits per heavy atom. The van der Waals surface area contributed by atoms with Gasteiger partial charge in [0.05, 0.1) is 12.1 Å². The molecule has 2 N–H and O–H groups in total. The van der Waals surface area contributed by atoms with Gasteiger partial charge in [0.15, 0.2) is 0 Å². The number of amides is 1. The predicted octanol–water partition coefficient (Wildman–Crippen LogP) is 1.40. The molecule has 1 aliphatic heterocycles. The Morgan fingerprint density at radius 3 is 2.88 bits per heavy atom. The second-order valence-corrected chi connectivity index (χ2v) is 4.51. The summed E-state index contributed by atoms with van der Waals surface area (Å²) in [5.41, 5.74) is 1.09. The molecule has 0 bridgehead atoms. The summed E-state index contributed by atoms with van der Waals surface area (Å²) >= 11 is 0. The van der Waals surface area contributed by atoms with Crippen LogP contribution in [0.15, 0.2) is 24.5 Å². The molecule has 2 rings (SSSR count). The van der Waals surface area contributed by atoms with E-state index in [4.69, 9.17) is 0 Å². The summed E-state index contributed by atoms with van der Waals surface area (Å²) in [6.45, 7) is 2.94. The molecule has 4 heteroatoms. The fraction of sp³-hybridized carbons (Fsp3) is 0.538. The normalized spacial score (nSPS) is 21.8. The molecule has 17 heavy (non-hydrogen) atoms. The summed E-state index contributed by atoms with van der Waals surface area (Å²) in [7, 11) is 0. The average Bonchev–Trinajstić information content (AvgIpc) is 2.40. The van der Waals surface area contributed by atoms with Crippen molar-refractivity contribution in [3.63, 3.8) is 0 Å². The fourth-order valence-electron chi connectivity index (χ4n) is 2.13. The van der Waals surface area contributed by atoms with E-state index >= 15 is 0 Å². The van der Waals surface area contributed by atoms with Crippen LogP contribution in [0.25, 0.3) is 0 Å². The van der Waals surface area contributed by atoms with Crippen molar-refractivity contribution < 1.29 is 4.79 Å². The molecule has 1 aromatic heterocycles. The SMILES string of the molecule is C[C@@H](NC(=O)[C@@H]1CCCCN1)c1ccncc1. The smallest absolute Gasteiger partial charge is 0.237 e. The molecule has 0 aliphatic carbocycles.